The Bertz CT molecular complexity index is 757. The third kappa shape index (κ3) is 2.43. The summed E-state index contributed by atoms with van der Waals surface area (Å²) in [6.45, 7) is 2.72. The van der Waals surface area contributed by atoms with Crippen molar-refractivity contribution in [3.63, 3.8) is 0 Å². The zero-order valence-electron chi connectivity index (χ0n) is 11.5. The molecule has 0 amide bonds. The van der Waals surface area contributed by atoms with Gasteiger partial charge >= 0.3 is 5.97 Å². The molecule has 0 spiro atoms. The highest BCUT2D eigenvalue weighted by molar-refractivity contribution is 5.83. The molecule has 1 N–H and O–H groups in total. The van der Waals surface area contributed by atoms with E-state index in [4.69, 9.17) is 5.11 Å². The zero-order chi connectivity index (χ0) is 14.8. The van der Waals surface area contributed by atoms with Gasteiger partial charge in [-0.3, -0.25) is 0 Å². The Hall–Kier alpha value is -2.87. The number of anilines is 1. The topological polar surface area (TPSA) is 66.3 Å². The van der Waals surface area contributed by atoms with Gasteiger partial charge in [0.15, 0.2) is 0 Å². The van der Waals surface area contributed by atoms with E-state index in [1.807, 2.05) is 24.0 Å². The van der Waals surface area contributed by atoms with Crippen LogP contribution in [-0.4, -0.2) is 27.6 Å². The molecule has 5 nitrogen and oxygen atoms in total. The van der Waals surface area contributed by atoms with Gasteiger partial charge in [-0.05, 0) is 36.6 Å². The van der Waals surface area contributed by atoms with E-state index in [2.05, 4.69) is 28.0 Å². The van der Waals surface area contributed by atoms with Gasteiger partial charge < -0.3 is 10.0 Å². The normalized spacial score (nSPS) is 12.5. The molecule has 5 heteroatoms. The highest BCUT2D eigenvalue weighted by Crippen LogP contribution is 2.31. The van der Waals surface area contributed by atoms with Crippen molar-refractivity contribution in [3.05, 3.63) is 42.0 Å². The van der Waals surface area contributed by atoms with Gasteiger partial charge in [-0.15, -0.1) is 0 Å². The summed E-state index contributed by atoms with van der Waals surface area (Å²) in [5, 5.41) is 8.81. The third-order valence-electron chi connectivity index (χ3n) is 3.40. The number of benzene rings is 1. The maximum Gasteiger partial charge on any atom is 0.373 e. The number of aromatic nitrogens is 2. The Kier molecular flexibility index (Phi) is 3.28. The first-order valence-corrected chi connectivity index (χ1v) is 6.57. The van der Waals surface area contributed by atoms with Crippen molar-refractivity contribution >= 4 is 11.7 Å². The Morgan fingerprint density at radius 3 is 2.71 bits per heavy atom. The molecule has 1 aliphatic heterocycles. The smallest absolute Gasteiger partial charge is 0.373 e. The van der Waals surface area contributed by atoms with Crippen molar-refractivity contribution in [1.29, 1.82) is 0 Å². The lowest BCUT2D eigenvalue weighted by molar-refractivity contribution is 0.0683. The summed E-state index contributed by atoms with van der Waals surface area (Å²) in [6, 6.07) is 9.18. The minimum Gasteiger partial charge on any atom is -0.475 e. The second kappa shape index (κ2) is 5.25. The monoisotopic (exact) mass is 279 g/mol. The van der Waals surface area contributed by atoms with Gasteiger partial charge in [0.2, 0.25) is 5.82 Å². The molecule has 1 aromatic heterocycles. The Morgan fingerprint density at radius 2 is 2.05 bits per heavy atom. The van der Waals surface area contributed by atoms with Gasteiger partial charge in [0, 0.05) is 30.5 Å². The lowest BCUT2D eigenvalue weighted by Crippen LogP contribution is -2.12. The fourth-order valence-corrected chi connectivity index (χ4v) is 2.42. The van der Waals surface area contributed by atoms with Gasteiger partial charge in [0.05, 0.1) is 5.69 Å². The fourth-order valence-electron chi connectivity index (χ4n) is 2.42. The van der Waals surface area contributed by atoms with Crippen molar-refractivity contribution in [1.82, 2.24) is 9.97 Å². The molecular weight excluding hydrogens is 266 g/mol. The minimum absolute atomic E-state index is 0.190. The number of hydrogen-bond acceptors (Lipinski definition) is 4. The number of hydrogen-bond donors (Lipinski definition) is 1. The molecule has 2 heterocycles. The van der Waals surface area contributed by atoms with E-state index in [0.29, 0.717) is 0 Å². The summed E-state index contributed by atoms with van der Waals surface area (Å²) < 4.78 is 0. The first kappa shape index (κ1) is 13.1. The van der Waals surface area contributed by atoms with E-state index >= 15 is 0 Å². The molecule has 0 saturated carbocycles. The lowest BCUT2D eigenvalue weighted by atomic mass is 10.0. The van der Waals surface area contributed by atoms with Crippen LogP contribution in [0.1, 0.15) is 23.1 Å². The molecule has 104 valence electrons. The van der Waals surface area contributed by atoms with E-state index in [0.717, 1.165) is 29.8 Å². The summed E-state index contributed by atoms with van der Waals surface area (Å²) in [6.07, 6.45) is 4.03. The Balaban J connectivity index is 1.94. The van der Waals surface area contributed by atoms with E-state index in [-0.39, 0.29) is 5.82 Å². The summed E-state index contributed by atoms with van der Waals surface area (Å²) in [5.41, 5.74) is 4.16. The standard InChI is InChI=1S/C16H13N3O2/c1-2-6-19-7-5-12-8-11(3-4-14(12)19)13-9-17-15(16(20)21)18-10-13/h3-4,8-10H,5,7H2,1H3,(H,20,21). The molecule has 1 aliphatic rings. The SMILES string of the molecule is CC#CN1CCc2cc(-c3cnc(C(=O)O)nc3)ccc21. The molecule has 0 aliphatic carbocycles. The molecule has 3 rings (SSSR count). The van der Waals surface area contributed by atoms with Crippen LogP contribution in [0.5, 0.6) is 0 Å². The third-order valence-corrected chi connectivity index (χ3v) is 3.40. The molecule has 1 aromatic carbocycles. The van der Waals surface area contributed by atoms with Gasteiger partial charge in [-0.25, -0.2) is 14.8 Å². The number of carboxylic acid groups (broad SMARTS) is 1. The second-order valence-corrected chi connectivity index (χ2v) is 4.71. The second-order valence-electron chi connectivity index (χ2n) is 4.71. The van der Waals surface area contributed by atoms with Crippen LogP contribution in [0.3, 0.4) is 0 Å². The van der Waals surface area contributed by atoms with Crippen LogP contribution in [0.15, 0.2) is 30.6 Å². The van der Waals surface area contributed by atoms with E-state index < -0.39 is 5.97 Å². The van der Waals surface area contributed by atoms with E-state index in [9.17, 15) is 4.79 Å². The van der Waals surface area contributed by atoms with Crippen LogP contribution in [0.2, 0.25) is 0 Å². The van der Waals surface area contributed by atoms with Crippen molar-refractivity contribution in [2.75, 3.05) is 11.4 Å². The van der Waals surface area contributed by atoms with Crippen molar-refractivity contribution in [3.8, 4) is 23.1 Å². The molecule has 2 aromatic rings. The van der Waals surface area contributed by atoms with Crippen molar-refractivity contribution in [2.24, 2.45) is 0 Å². The molecule has 0 bridgehead atoms. The number of fused-ring (bicyclic) bond motifs is 1. The van der Waals surface area contributed by atoms with Gasteiger partial charge in [0.1, 0.15) is 0 Å². The number of aromatic carboxylic acids is 1. The maximum atomic E-state index is 10.8. The average Bonchev–Trinajstić information content (AvgIpc) is 2.90. The number of rotatable bonds is 2. The summed E-state index contributed by atoms with van der Waals surface area (Å²) >= 11 is 0. The summed E-state index contributed by atoms with van der Waals surface area (Å²) in [5.74, 6) is 1.60. The highest BCUT2D eigenvalue weighted by atomic mass is 16.4. The lowest BCUT2D eigenvalue weighted by Gasteiger charge is -2.11. The molecule has 0 atom stereocenters. The number of carbonyl (C=O) groups is 1. The van der Waals surface area contributed by atoms with Crippen LogP contribution in [-0.2, 0) is 6.42 Å². The Labute approximate surface area is 122 Å². The van der Waals surface area contributed by atoms with Crippen molar-refractivity contribution in [2.45, 2.75) is 13.3 Å². The average molecular weight is 279 g/mol. The van der Waals surface area contributed by atoms with Crippen LogP contribution in [0.25, 0.3) is 11.1 Å². The molecular formula is C16H13N3O2. The predicted molar refractivity (Wildman–Crippen MR) is 78.9 cm³/mol. The zero-order valence-corrected chi connectivity index (χ0v) is 11.5. The fraction of sp³-hybridized carbons (Fsp3) is 0.188. The van der Waals surface area contributed by atoms with Gasteiger partial charge in [0.25, 0.3) is 0 Å². The molecule has 0 unspecified atom stereocenters. The van der Waals surface area contributed by atoms with Gasteiger partial charge in [-0.2, -0.15) is 0 Å². The van der Waals surface area contributed by atoms with Crippen LogP contribution in [0, 0.1) is 12.0 Å². The first-order valence-electron chi connectivity index (χ1n) is 6.57. The van der Waals surface area contributed by atoms with Gasteiger partial charge in [-0.1, -0.05) is 12.0 Å². The first-order chi connectivity index (χ1) is 10.2. The van der Waals surface area contributed by atoms with Crippen molar-refractivity contribution < 1.29 is 9.90 Å². The predicted octanol–water partition coefficient (Wildman–Crippen LogP) is 2.19. The molecule has 0 saturated heterocycles. The van der Waals surface area contributed by atoms with Crippen LogP contribution in [0.4, 0.5) is 5.69 Å². The summed E-state index contributed by atoms with van der Waals surface area (Å²) in [7, 11) is 0. The molecule has 21 heavy (non-hydrogen) atoms. The largest absolute Gasteiger partial charge is 0.475 e. The minimum atomic E-state index is -1.12. The number of carboxylic acids is 1. The molecule has 0 fully saturated rings. The quantitative estimate of drug-likeness (QED) is 0.853. The van der Waals surface area contributed by atoms with Crippen LogP contribution >= 0.6 is 0 Å². The summed E-state index contributed by atoms with van der Waals surface area (Å²) in [4.78, 5) is 20.5. The van der Waals surface area contributed by atoms with Crippen LogP contribution < -0.4 is 4.90 Å². The molecule has 0 radical (unpaired) electrons. The van der Waals surface area contributed by atoms with E-state index in [1.54, 1.807) is 0 Å². The van der Waals surface area contributed by atoms with E-state index in [1.165, 1.54) is 18.0 Å². The highest BCUT2D eigenvalue weighted by Gasteiger charge is 2.18. The maximum absolute atomic E-state index is 10.8. The Morgan fingerprint density at radius 1 is 1.29 bits per heavy atom. The number of nitrogens with zero attached hydrogens (tertiary/aromatic N) is 3.